The summed E-state index contributed by atoms with van der Waals surface area (Å²) in [6.07, 6.45) is 2.87. The van der Waals surface area contributed by atoms with E-state index in [9.17, 15) is 9.59 Å². The smallest absolute Gasteiger partial charge is 0.251 e. The topological polar surface area (TPSA) is 86.8 Å². The Kier molecular flexibility index (Phi) is 8.89. The molecule has 0 radical (unpaired) electrons. The van der Waals surface area contributed by atoms with Crippen LogP contribution in [0.15, 0.2) is 79.0 Å². The number of likely N-dealkylation sites (N-methyl/N-ethyl adjacent to an activating group) is 1. The summed E-state index contributed by atoms with van der Waals surface area (Å²) >= 11 is 0. The molecule has 1 aliphatic heterocycles. The highest BCUT2D eigenvalue weighted by molar-refractivity contribution is 5.98. The van der Waals surface area contributed by atoms with Gasteiger partial charge in [-0.05, 0) is 55.8 Å². The van der Waals surface area contributed by atoms with Crippen molar-refractivity contribution in [3.8, 4) is 11.1 Å². The lowest BCUT2D eigenvalue weighted by molar-refractivity contribution is -0.136. The quantitative estimate of drug-likeness (QED) is 0.363. The zero-order valence-electron chi connectivity index (χ0n) is 23.4. The van der Waals surface area contributed by atoms with Gasteiger partial charge in [0.25, 0.3) is 5.91 Å². The minimum absolute atomic E-state index is 0.00684. The molecule has 2 fully saturated rings. The van der Waals surface area contributed by atoms with Gasteiger partial charge in [0.15, 0.2) is 0 Å². The number of carbonyl (C=O) groups is 2. The van der Waals surface area contributed by atoms with Gasteiger partial charge in [0.2, 0.25) is 5.91 Å². The molecule has 1 saturated heterocycles. The highest BCUT2D eigenvalue weighted by atomic mass is 16.5. The van der Waals surface area contributed by atoms with E-state index in [0.717, 1.165) is 36.3 Å². The molecule has 2 amide bonds. The standard InChI is InChI=1S/C32H39N5O3/c1-32(22-27(32)28-10-6-7-15-33-28)34-16-21-40-23-29(31(39)37-19-17-36(2)18-20-37)35-30(38)26-13-11-25(12-14-26)24-8-4-3-5-9-24/h3-15,27,29,34H,16-23H2,1-2H3,(H,35,38)/t27-,29-,32?/m0/s1. The van der Waals surface area contributed by atoms with E-state index in [-0.39, 0.29) is 24.0 Å². The van der Waals surface area contributed by atoms with Gasteiger partial charge in [0.05, 0.1) is 13.2 Å². The van der Waals surface area contributed by atoms with Crippen molar-refractivity contribution in [2.24, 2.45) is 0 Å². The van der Waals surface area contributed by atoms with Gasteiger partial charge in [0, 0.05) is 61.6 Å². The van der Waals surface area contributed by atoms with Crippen LogP contribution in [0.5, 0.6) is 0 Å². The van der Waals surface area contributed by atoms with Gasteiger partial charge in [-0.25, -0.2) is 0 Å². The largest absolute Gasteiger partial charge is 0.377 e. The van der Waals surface area contributed by atoms with Crippen molar-refractivity contribution in [2.75, 3.05) is 53.0 Å². The lowest BCUT2D eigenvalue weighted by Crippen LogP contribution is -2.55. The second kappa shape index (κ2) is 12.7. The molecule has 1 saturated carbocycles. The molecule has 2 aromatic carbocycles. The minimum atomic E-state index is -0.748. The fourth-order valence-corrected chi connectivity index (χ4v) is 5.29. The van der Waals surface area contributed by atoms with Crippen molar-refractivity contribution >= 4 is 11.8 Å². The lowest BCUT2D eigenvalue weighted by atomic mass is 10.0. The fraction of sp³-hybridized carbons (Fsp3) is 0.406. The van der Waals surface area contributed by atoms with Crippen LogP contribution in [0.1, 0.15) is 35.3 Å². The Hall–Kier alpha value is -3.59. The molecule has 2 N–H and O–H groups in total. The molecule has 2 aliphatic rings. The zero-order chi connectivity index (χ0) is 28.0. The van der Waals surface area contributed by atoms with Gasteiger partial charge in [-0.3, -0.25) is 14.6 Å². The first-order chi connectivity index (χ1) is 19.4. The maximum absolute atomic E-state index is 13.4. The molecule has 1 aliphatic carbocycles. The summed E-state index contributed by atoms with van der Waals surface area (Å²) in [6.45, 7) is 6.34. The summed E-state index contributed by atoms with van der Waals surface area (Å²) in [4.78, 5) is 35.1. The van der Waals surface area contributed by atoms with Crippen LogP contribution in [0.3, 0.4) is 0 Å². The van der Waals surface area contributed by atoms with E-state index in [0.29, 0.717) is 37.7 Å². The third kappa shape index (κ3) is 6.94. The third-order valence-electron chi connectivity index (χ3n) is 8.01. The maximum Gasteiger partial charge on any atom is 0.251 e. The Bertz CT molecular complexity index is 1260. The van der Waals surface area contributed by atoms with Crippen LogP contribution in [0, 0.1) is 0 Å². The van der Waals surface area contributed by atoms with Crippen molar-refractivity contribution in [3.05, 3.63) is 90.3 Å². The Labute approximate surface area is 236 Å². The van der Waals surface area contributed by atoms with Crippen LogP contribution < -0.4 is 10.6 Å². The summed E-state index contributed by atoms with van der Waals surface area (Å²) in [7, 11) is 2.05. The number of amides is 2. The highest BCUT2D eigenvalue weighted by Crippen LogP contribution is 2.50. The van der Waals surface area contributed by atoms with Crippen LogP contribution in [-0.2, 0) is 9.53 Å². The number of rotatable bonds is 11. The van der Waals surface area contributed by atoms with E-state index in [1.807, 2.05) is 65.7 Å². The van der Waals surface area contributed by atoms with Crippen LogP contribution in [0.2, 0.25) is 0 Å². The van der Waals surface area contributed by atoms with Crippen LogP contribution >= 0.6 is 0 Å². The number of nitrogens with one attached hydrogen (secondary N) is 2. The number of hydrogen-bond donors (Lipinski definition) is 2. The number of ether oxygens (including phenoxy) is 1. The molecule has 8 heteroatoms. The summed E-state index contributed by atoms with van der Waals surface area (Å²) in [6, 6.07) is 22.8. The molecular weight excluding hydrogens is 502 g/mol. The molecule has 3 atom stereocenters. The average Bonchev–Trinajstić information content (AvgIpc) is 3.68. The van der Waals surface area contributed by atoms with Crippen molar-refractivity contribution in [3.63, 3.8) is 0 Å². The predicted molar refractivity (Wildman–Crippen MR) is 156 cm³/mol. The van der Waals surface area contributed by atoms with Crippen LogP contribution in [0.4, 0.5) is 0 Å². The normalized spacial score (nSPS) is 21.6. The van der Waals surface area contributed by atoms with Gasteiger partial charge in [-0.15, -0.1) is 0 Å². The Morgan fingerprint density at radius 2 is 1.68 bits per heavy atom. The molecule has 8 nitrogen and oxygen atoms in total. The van der Waals surface area contributed by atoms with Crippen molar-refractivity contribution < 1.29 is 14.3 Å². The summed E-state index contributed by atoms with van der Waals surface area (Å²) in [5.74, 6) is 0.0185. The summed E-state index contributed by atoms with van der Waals surface area (Å²) in [5, 5.41) is 6.54. The van der Waals surface area contributed by atoms with E-state index in [1.165, 1.54) is 0 Å². The van der Waals surface area contributed by atoms with Crippen molar-refractivity contribution in [1.82, 2.24) is 25.4 Å². The predicted octanol–water partition coefficient (Wildman–Crippen LogP) is 3.17. The second-order valence-electron chi connectivity index (χ2n) is 11.0. The number of carbonyl (C=O) groups excluding carboxylic acids is 2. The SMILES string of the molecule is CN1CCN(C(=O)[C@H](COCCNC2(C)C[C@H]2c2ccccn2)NC(=O)c2ccc(-c3ccccc3)cc2)CC1. The molecule has 3 aromatic rings. The molecule has 210 valence electrons. The number of piperazine rings is 1. The number of hydrogen-bond acceptors (Lipinski definition) is 6. The molecule has 0 bridgehead atoms. The third-order valence-corrected chi connectivity index (χ3v) is 8.01. The molecule has 40 heavy (non-hydrogen) atoms. The highest BCUT2D eigenvalue weighted by Gasteiger charge is 2.51. The second-order valence-corrected chi connectivity index (χ2v) is 11.0. The Morgan fingerprint density at radius 3 is 2.38 bits per heavy atom. The van der Waals surface area contributed by atoms with Crippen molar-refractivity contribution in [2.45, 2.75) is 30.8 Å². The van der Waals surface area contributed by atoms with Crippen LogP contribution in [-0.4, -0.2) is 91.2 Å². The first-order valence-electron chi connectivity index (χ1n) is 14.1. The monoisotopic (exact) mass is 541 g/mol. The van der Waals surface area contributed by atoms with E-state index in [4.69, 9.17) is 4.74 Å². The first kappa shape index (κ1) is 28.0. The van der Waals surface area contributed by atoms with Gasteiger partial charge < -0.3 is 25.2 Å². The molecule has 2 heterocycles. The van der Waals surface area contributed by atoms with E-state index < -0.39 is 6.04 Å². The van der Waals surface area contributed by atoms with E-state index in [2.05, 4.69) is 40.6 Å². The Morgan fingerprint density at radius 1 is 0.975 bits per heavy atom. The minimum Gasteiger partial charge on any atom is -0.377 e. The van der Waals surface area contributed by atoms with Gasteiger partial charge in [0.1, 0.15) is 6.04 Å². The van der Waals surface area contributed by atoms with Gasteiger partial charge >= 0.3 is 0 Å². The van der Waals surface area contributed by atoms with Gasteiger partial charge in [-0.2, -0.15) is 0 Å². The molecule has 1 aromatic heterocycles. The van der Waals surface area contributed by atoms with E-state index in [1.54, 1.807) is 12.1 Å². The summed E-state index contributed by atoms with van der Waals surface area (Å²) < 4.78 is 5.96. The first-order valence-corrected chi connectivity index (χ1v) is 14.1. The van der Waals surface area contributed by atoms with E-state index >= 15 is 0 Å². The average molecular weight is 542 g/mol. The molecule has 0 spiro atoms. The zero-order valence-corrected chi connectivity index (χ0v) is 23.4. The maximum atomic E-state index is 13.4. The lowest BCUT2D eigenvalue weighted by Gasteiger charge is -2.34. The number of pyridine rings is 1. The molecule has 1 unspecified atom stereocenters. The fourth-order valence-electron chi connectivity index (χ4n) is 5.29. The summed E-state index contributed by atoms with van der Waals surface area (Å²) in [5.41, 5.74) is 3.75. The van der Waals surface area contributed by atoms with Crippen molar-refractivity contribution in [1.29, 1.82) is 0 Å². The molecule has 5 rings (SSSR count). The molecular formula is C32H39N5O3. The number of benzene rings is 2. The Balaban J connectivity index is 1.16. The number of nitrogens with zero attached hydrogens (tertiary/aromatic N) is 3. The van der Waals surface area contributed by atoms with Crippen LogP contribution in [0.25, 0.3) is 11.1 Å². The number of aromatic nitrogens is 1. The van der Waals surface area contributed by atoms with Gasteiger partial charge in [-0.1, -0.05) is 48.5 Å².